The fraction of sp³-hybridized carbons (Fsp3) is 0. The van der Waals surface area contributed by atoms with Crippen LogP contribution in [0.3, 0.4) is 0 Å². The Kier molecular flexibility index (Phi) is 2.81. The monoisotopic (exact) mass is 269 g/mol. The van der Waals surface area contributed by atoms with Crippen LogP contribution in [0.5, 0.6) is 0 Å². The van der Waals surface area contributed by atoms with Crippen LogP contribution in [0, 0.1) is 0 Å². The highest BCUT2D eigenvalue weighted by Gasteiger charge is 2.12. The maximum absolute atomic E-state index is 12.0. The molecule has 2 heterocycles. The Hall–Kier alpha value is -2.93. The van der Waals surface area contributed by atoms with E-state index >= 15 is 0 Å². The number of aromatic amines is 1. The normalized spacial score (nSPS) is 10.7. The lowest BCUT2D eigenvalue weighted by atomic mass is 10.2. The minimum absolute atomic E-state index is 0.0863. The average Bonchev–Trinajstić information content (AvgIpc) is 2.92. The summed E-state index contributed by atoms with van der Waals surface area (Å²) in [4.78, 5) is 26.2. The van der Waals surface area contributed by atoms with Gasteiger partial charge in [0.25, 0.3) is 11.5 Å². The number of nitrogens with two attached hydrogens (primary N) is 1. The van der Waals surface area contributed by atoms with Gasteiger partial charge in [0.2, 0.25) is 0 Å². The highest BCUT2D eigenvalue weighted by molar-refractivity contribution is 5.93. The average molecular weight is 269 g/mol. The van der Waals surface area contributed by atoms with Gasteiger partial charge in [-0.15, -0.1) is 0 Å². The van der Waals surface area contributed by atoms with Gasteiger partial charge >= 0.3 is 0 Å². The summed E-state index contributed by atoms with van der Waals surface area (Å²) in [5, 5.41) is 4.04. The Bertz CT molecular complexity index is 835. The summed E-state index contributed by atoms with van der Waals surface area (Å²) in [7, 11) is 0. The van der Waals surface area contributed by atoms with Crippen molar-refractivity contribution in [3.05, 3.63) is 58.6 Å². The zero-order valence-corrected chi connectivity index (χ0v) is 10.3. The topological polar surface area (TPSA) is 105 Å². The maximum atomic E-state index is 12.0. The van der Waals surface area contributed by atoms with Gasteiger partial charge < -0.3 is 4.98 Å². The second kappa shape index (κ2) is 4.63. The van der Waals surface area contributed by atoms with Gasteiger partial charge in [0, 0.05) is 6.07 Å². The summed E-state index contributed by atoms with van der Waals surface area (Å²) in [6, 6.07) is 10.7. The molecule has 0 atom stereocenters. The first kappa shape index (κ1) is 12.1. The molecule has 0 radical (unpaired) electrons. The fourth-order valence-corrected chi connectivity index (χ4v) is 1.95. The zero-order valence-electron chi connectivity index (χ0n) is 10.3. The molecular formula is C13H11N5O2. The van der Waals surface area contributed by atoms with Crippen LogP contribution in [0.2, 0.25) is 0 Å². The molecule has 20 heavy (non-hydrogen) atoms. The van der Waals surface area contributed by atoms with Gasteiger partial charge in [0.05, 0.1) is 11.9 Å². The number of carbonyl (C=O) groups excluding carboxylic acids is 1. The minimum atomic E-state index is -0.547. The minimum Gasteiger partial charge on any atom is -0.319 e. The zero-order chi connectivity index (χ0) is 14.1. The molecule has 0 unspecified atom stereocenters. The molecule has 3 rings (SSSR count). The summed E-state index contributed by atoms with van der Waals surface area (Å²) < 4.78 is 1.37. The third-order valence-electron chi connectivity index (χ3n) is 2.92. The lowest BCUT2D eigenvalue weighted by Gasteiger charge is -2.01. The largest absolute Gasteiger partial charge is 0.319 e. The number of carbonyl (C=O) groups is 1. The van der Waals surface area contributed by atoms with Crippen molar-refractivity contribution in [3.8, 4) is 11.3 Å². The van der Waals surface area contributed by atoms with Crippen molar-refractivity contribution in [2.75, 3.05) is 0 Å². The first-order valence-electron chi connectivity index (χ1n) is 5.88. The van der Waals surface area contributed by atoms with Crippen LogP contribution in [-0.2, 0) is 0 Å². The molecule has 4 N–H and O–H groups in total. The molecule has 100 valence electrons. The van der Waals surface area contributed by atoms with Gasteiger partial charge in [-0.2, -0.15) is 5.10 Å². The maximum Gasteiger partial charge on any atom is 0.285 e. The number of nitrogen functional groups attached to an aromatic ring is 1. The van der Waals surface area contributed by atoms with E-state index in [0.717, 1.165) is 5.56 Å². The van der Waals surface area contributed by atoms with Crippen molar-refractivity contribution in [1.29, 1.82) is 0 Å². The van der Waals surface area contributed by atoms with Gasteiger partial charge in [-0.1, -0.05) is 30.3 Å². The first-order chi connectivity index (χ1) is 9.69. The second-order valence-corrected chi connectivity index (χ2v) is 4.20. The number of nitrogens with zero attached hydrogens (tertiary/aromatic N) is 2. The van der Waals surface area contributed by atoms with Crippen molar-refractivity contribution in [2.45, 2.75) is 0 Å². The number of benzene rings is 1. The molecule has 0 spiro atoms. The molecule has 7 heteroatoms. The Morgan fingerprint density at radius 1 is 1.30 bits per heavy atom. The lowest BCUT2D eigenvalue weighted by Crippen LogP contribution is -2.30. The highest BCUT2D eigenvalue weighted by Crippen LogP contribution is 2.15. The molecule has 7 nitrogen and oxygen atoms in total. The molecule has 0 bridgehead atoms. The molecule has 0 aliphatic rings. The summed E-state index contributed by atoms with van der Waals surface area (Å²) in [5.41, 5.74) is 3.49. The van der Waals surface area contributed by atoms with Crippen molar-refractivity contribution in [1.82, 2.24) is 20.0 Å². The van der Waals surface area contributed by atoms with E-state index < -0.39 is 5.91 Å². The molecule has 1 amide bonds. The van der Waals surface area contributed by atoms with Crippen molar-refractivity contribution in [2.24, 2.45) is 5.84 Å². The van der Waals surface area contributed by atoms with Crippen LogP contribution in [-0.4, -0.2) is 20.5 Å². The fourth-order valence-electron chi connectivity index (χ4n) is 1.95. The standard InChI is InChI=1S/C13H11N5O2/c14-16-12(19)9-6-11-13(20)15-10(7-18(11)17-9)8-4-2-1-3-5-8/h1-7H,14H2,(H,15,20)(H,16,19). The van der Waals surface area contributed by atoms with Gasteiger partial charge in [0.1, 0.15) is 5.52 Å². The van der Waals surface area contributed by atoms with Crippen LogP contribution in [0.25, 0.3) is 16.8 Å². The summed E-state index contributed by atoms with van der Waals surface area (Å²) in [6.07, 6.45) is 1.65. The second-order valence-electron chi connectivity index (χ2n) is 4.20. The van der Waals surface area contributed by atoms with Crippen LogP contribution in [0.4, 0.5) is 0 Å². The Morgan fingerprint density at radius 3 is 2.75 bits per heavy atom. The summed E-state index contributed by atoms with van der Waals surface area (Å²) in [6.45, 7) is 0. The Balaban J connectivity index is 2.19. The molecular weight excluding hydrogens is 258 g/mol. The summed E-state index contributed by atoms with van der Waals surface area (Å²) in [5.74, 6) is 4.50. The van der Waals surface area contributed by atoms with Crippen molar-refractivity contribution < 1.29 is 4.79 Å². The van der Waals surface area contributed by atoms with E-state index in [1.54, 1.807) is 6.20 Å². The Morgan fingerprint density at radius 2 is 2.05 bits per heavy atom. The molecule has 1 aromatic carbocycles. The molecule has 0 fully saturated rings. The van der Waals surface area contributed by atoms with Crippen LogP contribution in [0.1, 0.15) is 10.5 Å². The van der Waals surface area contributed by atoms with E-state index in [9.17, 15) is 9.59 Å². The number of fused-ring (bicyclic) bond motifs is 1. The predicted molar refractivity (Wildman–Crippen MR) is 72.9 cm³/mol. The highest BCUT2D eigenvalue weighted by atomic mass is 16.2. The molecule has 0 aliphatic heterocycles. The number of hydrogen-bond donors (Lipinski definition) is 3. The molecule has 3 aromatic rings. The number of hydrazine groups is 1. The summed E-state index contributed by atoms with van der Waals surface area (Å²) >= 11 is 0. The van der Waals surface area contributed by atoms with Gasteiger partial charge in [-0.05, 0) is 5.56 Å². The number of nitrogens with one attached hydrogen (secondary N) is 2. The van der Waals surface area contributed by atoms with E-state index in [1.165, 1.54) is 10.6 Å². The quantitative estimate of drug-likeness (QED) is 0.353. The van der Waals surface area contributed by atoms with Gasteiger partial charge in [-0.25, -0.2) is 10.4 Å². The van der Waals surface area contributed by atoms with Crippen molar-refractivity contribution in [3.63, 3.8) is 0 Å². The number of H-pyrrole nitrogens is 1. The van der Waals surface area contributed by atoms with Gasteiger partial charge in [-0.3, -0.25) is 15.0 Å². The third kappa shape index (κ3) is 1.95. The Labute approximate surface area is 113 Å². The molecule has 0 saturated carbocycles. The van der Waals surface area contributed by atoms with E-state index in [0.29, 0.717) is 5.69 Å². The van der Waals surface area contributed by atoms with E-state index in [2.05, 4.69) is 10.1 Å². The molecule has 2 aromatic heterocycles. The number of amides is 1. The van der Waals surface area contributed by atoms with Crippen LogP contribution in [0.15, 0.2) is 47.4 Å². The smallest absolute Gasteiger partial charge is 0.285 e. The van der Waals surface area contributed by atoms with E-state index in [-0.39, 0.29) is 16.8 Å². The predicted octanol–water partition coefficient (Wildman–Crippen LogP) is 0.293. The van der Waals surface area contributed by atoms with E-state index in [4.69, 9.17) is 5.84 Å². The SMILES string of the molecule is NNC(=O)c1cc2c(=O)[nH]c(-c3ccccc3)cn2n1. The third-order valence-corrected chi connectivity index (χ3v) is 2.92. The van der Waals surface area contributed by atoms with Crippen LogP contribution < -0.4 is 16.8 Å². The van der Waals surface area contributed by atoms with E-state index in [1.807, 2.05) is 35.8 Å². The molecule has 0 aliphatic carbocycles. The van der Waals surface area contributed by atoms with Crippen molar-refractivity contribution >= 4 is 11.4 Å². The number of aromatic nitrogens is 3. The number of hydrogen-bond acceptors (Lipinski definition) is 4. The van der Waals surface area contributed by atoms with Gasteiger partial charge in [0.15, 0.2) is 5.69 Å². The molecule has 0 saturated heterocycles. The van der Waals surface area contributed by atoms with Crippen LogP contribution >= 0.6 is 0 Å². The lowest BCUT2D eigenvalue weighted by molar-refractivity contribution is 0.0948. The first-order valence-corrected chi connectivity index (χ1v) is 5.88. The number of rotatable bonds is 2.